The molecule has 0 saturated carbocycles. The summed E-state index contributed by atoms with van der Waals surface area (Å²) in [5.41, 5.74) is -0.392. The second kappa shape index (κ2) is 7.98. The van der Waals surface area contributed by atoms with Gasteiger partial charge in [-0.15, -0.1) is 22.9 Å². The molecule has 0 bridgehead atoms. The standard InChI is InChI=1S/C15H13ClFN3O3S/c1-8(16)14(23)20-13-9(3-2-4-10(13)17)11(21)7-12(22)19-15-18-5-6-24-15/h2-6,8H,7H2,1H3,(H,20,23)(H,18,19,22). The molecule has 2 aromatic rings. The molecule has 9 heteroatoms. The highest BCUT2D eigenvalue weighted by atomic mass is 35.5. The molecule has 0 aliphatic carbocycles. The Labute approximate surface area is 146 Å². The number of benzene rings is 1. The van der Waals surface area contributed by atoms with Gasteiger partial charge in [0, 0.05) is 17.1 Å². The molecule has 2 N–H and O–H groups in total. The number of rotatable bonds is 6. The molecule has 0 radical (unpaired) electrons. The normalized spacial score (nSPS) is 11.6. The monoisotopic (exact) mass is 369 g/mol. The van der Waals surface area contributed by atoms with Crippen molar-refractivity contribution in [3.05, 3.63) is 41.2 Å². The van der Waals surface area contributed by atoms with Gasteiger partial charge in [0.1, 0.15) is 11.2 Å². The zero-order valence-electron chi connectivity index (χ0n) is 12.5. The minimum absolute atomic E-state index is 0.102. The highest BCUT2D eigenvalue weighted by Crippen LogP contribution is 2.22. The summed E-state index contributed by atoms with van der Waals surface area (Å²) in [7, 11) is 0. The van der Waals surface area contributed by atoms with E-state index < -0.39 is 35.2 Å². The van der Waals surface area contributed by atoms with Crippen molar-refractivity contribution in [3.63, 3.8) is 0 Å². The van der Waals surface area contributed by atoms with E-state index in [1.165, 1.54) is 36.6 Å². The van der Waals surface area contributed by atoms with Gasteiger partial charge < -0.3 is 10.6 Å². The number of amides is 2. The SMILES string of the molecule is CC(Cl)C(=O)Nc1c(F)cccc1C(=O)CC(=O)Nc1nccs1. The molecule has 24 heavy (non-hydrogen) atoms. The summed E-state index contributed by atoms with van der Waals surface area (Å²) < 4.78 is 14.0. The van der Waals surface area contributed by atoms with Crippen LogP contribution in [0.2, 0.25) is 0 Å². The van der Waals surface area contributed by atoms with Crippen LogP contribution in [0, 0.1) is 5.82 Å². The van der Waals surface area contributed by atoms with Gasteiger partial charge in [-0.25, -0.2) is 9.37 Å². The van der Waals surface area contributed by atoms with Crippen molar-refractivity contribution in [1.82, 2.24) is 4.98 Å². The van der Waals surface area contributed by atoms with Crippen LogP contribution in [0.4, 0.5) is 15.2 Å². The Balaban J connectivity index is 2.15. The third kappa shape index (κ3) is 4.59. The Morgan fingerprint density at radius 3 is 2.71 bits per heavy atom. The molecule has 0 saturated heterocycles. The molecule has 0 fully saturated rings. The summed E-state index contributed by atoms with van der Waals surface area (Å²) in [5, 5.41) is 5.86. The number of Topliss-reactive ketones (excluding diaryl/α,β-unsaturated/α-hetero) is 1. The lowest BCUT2D eigenvalue weighted by atomic mass is 10.0. The Bertz CT molecular complexity index is 765. The van der Waals surface area contributed by atoms with E-state index in [0.29, 0.717) is 5.13 Å². The van der Waals surface area contributed by atoms with Crippen LogP contribution in [0.5, 0.6) is 0 Å². The summed E-state index contributed by atoms with van der Waals surface area (Å²) in [4.78, 5) is 39.7. The van der Waals surface area contributed by atoms with Crippen molar-refractivity contribution in [2.24, 2.45) is 0 Å². The van der Waals surface area contributed by atoms with Gasteiger partial charge in [-0.05, 0) is 19.1 Å². The van der Waals surface area contributed by atoms with Gasteiger partial charge in [-0.1, -0.05) is 6.07 Å². The molecule has 1 unspecified atom stereocenters. The Hall–Kier alpha value is -2.32. The summed E-state index contributed by atoms with van der Waals surface area (Å²) in [6.07, 6.45) is 0.998. The number of aromatic nitrogens is 1. The third-order valence-electron chi connectivity index (χ3n) is 2.92. The summed E-state index contributed by atoms with van der Waals surface area (Å²) in [6, 6.07) is 3.75. The van der Waals surface area contributed by atoms with E-state index in [9.17, 15) is 18.8 Å². The molecular weight excluding hydrogens is 357 g/mol. The van der Waals surface area contributed by atoms with Crippen molar-refractivity contribution >= 4 is 51.4 Å². The Morgan fingerprint density at radius 1 is 1.33 bits per heavy atom. The minimum atomic E-state index is -0.902. The summed E-state index contributed by atoms with van der Waals surface area (Å²) in [5.74, 6) is -2.65. The number of hydrogen-bond acceptors (Lipinski definition) is 5. The van der Waals surface area contributed by atoms with Crippen molar-refractivity contribution in [2.75, 3.05) is 10.6 Å². The highest BCUT2D eigenvalue weighted by Gasteiger charge is 2.21. The fraction of sp³-hybridized carbons (Fsp3) is 0.200. The Kier molecular flexibility index (Phi) is 5.99. The number of anilines is 2. The molecule has 1 atom stereocenters. The molecule has 2 rings (SSSR count). The highest BCUT2D eigenvalue weighted by molar-refractivity contribution is 7.13. The van der Waals surface area contributed by atoms with Gasteiger partial charge in [-0.2, -0.15) is 0 Å². The van der Waals surface area contributed by atoms with E-state index in [4.69, 9.17) is 11.6 Å². The van der Waals surface area contributed by atoms with E-state index in [1.54, 1.807) is 5.38 Å². The van der Waals surface area contributed by atoms with Gasteiger partial charge in [0.2, 0.25) is 11.8 Å². The third-order valence-corrected chi connectivity index (χ3v) is 3.81. The first-order chi connectivity index (χ1) is 11.4. The molecular formula is C15H13ClFN3O3S. The number of nitrogens with one attached hydrogen (secondary N) is 2. The Morgan fingerprint density at radius 2 is 2.08 bits per heavy atom. The molecule has 0 aliphatic heterocycles. The maximum atomic E-state index is 14.0. The number of para-hydroxylation sites is 1. The number of ketones is 1. The van der Waals surface area contributed by atoms with E-state index >= 15 is 0 Å². The van der Waals surface area contributed by atoms with Crippen molar-refractivity contribution < 1.29 is 18.8 Å². The van der Waals surface area contributed by atoms with Gasteiger partial charge in [0.15, 0.2) is 10.9 Å². The number of nitrogens with zero attached hydrogens (tertiary/aromatic N) is 1. The maximum absolute atomic E-state index is 14.0. The zero-order valence-corrected chi connectivity index (χ0v) is 14.1. The lowest BCUT2D eigenvalue weighted by Gasteiger charge is -2.12. The van der Waals surface area contributed by atoms with Crippen LogP contribution in [0.1, 0.15) is 23.7 Å². The second-order valence-electron chi connectivity index (χ2n) is 4.75. The fourth-order valence-electron chi connectivity index (χ4n) is 1.80. The molecule has 1 aromatic carbocycles. The van der Waals surface area contributed by atoms with Crippen molar-refractivity contribution in [3.8, 4) is 0 Å². The largest absolute Gasteiger partial charge is 0.322 e. The van der Waals surface area contributed by atoms with Crippen LogP contribution in [0.25, 0.3) is 0 Å². The molecule has 0 spiro atoms. The minimum Gasteiger partial charge on any atom is -0.322 e. The van der Waals surface area contributed by atoms with Crippen LogP contribution >= 0.6 is 22.9 Å². The van der Waals surface area contributed by atoms with Crippen molar-refractivity contribution in [2.45, 2.75) is 18.7 Å². The molecule has 126 valence electrons. The maximum Gasteiger partial charge on any atom is 0.242 e. The first kappa shape index (κ1) is 18.0. The van der Waals surface area contributed by atoms with Crippen LogP contribution in [0.3, 0.4) is 0 Å². The molecule has 0 aliphatic rings. The van der Waals surface area contributed by atoms with E-state index in [1.807, 2.05) is 0 Å². The van der Waals surface area contributed by atoms with Crippen molar-refractivity contribution in [1.29, 1.82) is 0 Å². The predicted molar refractivity (Wildman–Crippen MR) is 90.0 cm³/mol. The van der Waals surface area contributed by atoms with Crippen LogP contribution in [-0.4, -0.2) is 28.0 Å². The fourth-order valence-corrected chi connectivity index (χ4v) is 2.40. The average molecular weight is 370 g/mol. The number of alkyl halides is 1. The van der Waals surface area contributed by atoms with Gasteiger partial charge in [-0.3, -0.25) is 14.4 Å². The van der Waals surface area contributed by atoms with E-state index in [2.05, 4.69) is 15.6 Å². The van der Waals surface area contributed by atoms with Gasteiger partial charge >= 0.3 is 0 Å². The first-order valence-corrected chi connectivity index (χ1v) is 8.16. The topological polar surface area (TPSA) is 88.2 Å². The zero-order chi connectivity index (χ0) is 17.7. The molecule has 2 amide bonds. The van der Waals surface area contributed by atoms with Gasteiger partial charge in [0.05, 0.1) is 12.1 Å². The number of carbonyl (C=O) groups excluding carboxylic acids is 3. The molecule has 1 aromatic heterocycles. The van der Waals surface area contributed by atoms with Crippen LogP contribution < -0.4 is 10.6 Å². The smallest absolute Gasteiger partial charge is 0.242 e. The number of halogens is 2. The average Bonchev–Trinajstić information content (AvgIpc) is 3.01. The van der Waals surface area contributed by atoms with E-state index in [0.717, 1.165) is 6.07 Å². The molecule has 1 heterocycles. The van der Waals surface area contributed by atoms with Crippen LogP contribution in [0.15, 0.2) is 29.8 Å². The predicted octanol–water partition coefficient (Wildman–Crippen LogP) is 3.06. The number of carbonyl (C=O) groups is 3. The van der Waals surface area contributed by atoms with E-state index in [-0.39, 0.29) is 11.3 Å². The first-order valence-electron chi connectivity index (χ1n) is 6.84. The lowest BCUT2D eigenvalue weighted by molar-refractivity contribution is -0.116. The quantitative estimate of drug-likeness (QED) is 0.465. The summed E-state index contributed by atoms with van der Waals surface area (Å²) in [6.45, 7) is 1.42. The van der Waals surface area contributed by atoms with Crippen LogP contribution in [-0.2, 0) is 9.59 Å². The molecule has 6 nitrogen and oxygen atoms in total. The summed E-state index contributed by atoms with van der Waals surface area (Å²) >= 11 is 6.84. The lowest BCUT2D eigenvalue weighted by Crippen LogP contribution is -2.23. The number of hydrogen-bond donors (Lipinski definition) is 2. The second-order valence-corrected chi connectivity index (χ2v) is 6.30. The van der Waals surface area contributed by atoms with Gasteiger partial charge in [0.25, 0.3) is 0 Å². The number of thiazole rings is 1.